The molecule has 0 heterocycles. The highest BCUT2D eigenvalue weighted by atomic mass is 79.9. The van der Waals surface area contributed by atoms with E-state index >= 15 is 0 Å². The van der Waals surface area contributed by atoms with E-state index in [0.29, 0.717) is 24.7 Å². The first-order valence-corrected chi connectivity index (χ1v) is 10.4. The molecule has 0 bridgehead atoms. The van der Waals surface area contributed by atoms with Crippen molar-refractivity contribution in [2.75, 3.05) is 17.7 Å². The Bertz CT molecular complexity index is 1000. The van der Waals surface area contributed by atoms with Gasteiger partial charge in [0, 0.05) is 24.8 Å². The number of ether oxygens (including phenoxy) is 2. The Morgan fingerprint density at radius 3 is 2.27 bits per heavy atom. The third-order valence-electron chi connectivity index (χ3n) is 4.49. The SMILES string of the molecule is COc1cc(CNc2ccc(NC(C)=O)cc2)cc(Br)c1OCc1ccc(C)cc1. The summed E-state index contributed by atoms with van der Waals surface area (Å²) in [5.74, 6) is 1.27. The van der Waals surface area contributed by atoms with Gasteiger partial charge in [-0.25, -0.2) is 0 Å². The molecule has 3 rings (SSSR count). The minimum absolute atomic E-state index is 0.0858. The average molecular weight is 469 g/mol. The average Bonchev–Trinajstić information content (AvgIpc) is 2.73. The zero-order valence-electron chi connectivity index (χ0n) is 17.3. The van der Waals surface area contributed by atoms with Crippen LogP contribution in [-0.2, 0) is 17.9 Å². The van der Waals surface area contributed by atoms with Crippen LogP contribution in [0.3, 0.4) is 0 Å². The van der Waals surface area contributed by atoms with Crippen molar-refractivity contribution in [3.63, 3.8) is 0 Å². The van der Waals surface area contributed by atoms with Crippen molar-refractivity contribution in [2.24, 2.45) is 0 Å². The van der Waals surface area contributed by atoms with Crippen LogP contribution >= 0.6 is 15.9 Å². The molecule has 0 aliphatic carbocycles. The molecule has 0 fully saturated rings. The number of hydrogen-bond donors (Lipinski definition) is 2. The van der Waals surface area contributed by atoms with Crippen LogP contribution in [-0.4, -0.2) is 13.0 Å². The van der Waals surface area contributed by atoms with Gasteiger partial charge in [-0.15, -0.1) is 0 Å². The predicted molar refractivity (Wildman–Crippen MR) is 124 cm³/mol. The molecule has 1 amide bonds. The van der Waals surface area contributed by atoms with Gasteiger partial charge in [0.15, 0.2) is 11.5 Å². The van der Waals surface area contributed by atoms with Crippen molar-refractivity contribution in [1.29, 1.82) is 0 Å². The number of anilines is 2. The van der Waals surface area contributed by atoms with Gasteiger partial charge in [-0.1, -0.05) is 29.8 Å². The van der Waals surface area contributed by atoms with E-state index in [0.717, 1.165) is 27.0 Å². The number of methoxy groups -OCH3 is 1. The van der Waals surface area contributed by atoms with Gasteiger partial charge in [-0.2, -0.15) is 0 Å². The van der Waals surface area contributed by atoms with Crippen molar-refractivity contribution in [1.82, 2.24) is 0 Å². The second-order valence-corrected chi connectivity index (χ2v) is 7.85. The van der Waals surface area contributed by atoms with E-state index in [4.69, 9.17) is 9.47 Å². The first-order chi connectivity index (χ1) is 14.4. The summed E-state index contributed by atoms with van der Waals surface area (Å²) in [6.45, 7) is 4.64. The van der Waals surface area contributed by atoms with E-state index in [1.165, 1.54) is 12.5 Å². The van der Waals surface area contributed by atoms with Crippen LogP contribution in [0.15, 0.2) is 65.1 Å². The van der Waals surface area contributed by atoms with Gasteiger partial charge in [0.05, 0.1) is 11.6 Å². The highest BCUT2D eigenvalue weighted by molar-refractivity contribution is 9.10. The summed E-state index contributed by atoms with van der Waals surface area (Å²) in [6.07, 6.45) is 0. The normalized spacial score (nSPS) is 10.4. The Labute approximate surface area is 185 Å². The number of nitrogens with one attached hydrogen (secondary N) is 2. The second-order valence-electron chi connectivity index (χ2n) is 7.00. The summed E-state index contributed by atoms with van der Waals surface area (Å²) in [6, 6.07) is 19.8. The van der Waals surface area contributed by atoms with Crippen LogP contribution < -0.4 is 20.1 Å². The highest BCUT2D eigenvalue weighted by Crippen LogP contribution is 2.37. The van der Waals surface area contributed by atoms with Crippen LogP contribution in [0.1, 0.15) is 23.6 Å². The molecule has 0 atom stereocenters. The smallest absolute Gasteiger partial charge is 0.221 e. The molecule has 0 aliphatic heterocycles. The fourth-order valence-electron chi connectivity index (χ4n) is 2.93. The fraction of sp³-hybridized carbons (Fsp3) is 0.208. The maximum Gasteiger partial charge on any atom is 0.221 e. The van der Waals surface area contributed by atoms with Gasteiger partial charge < -0.3 is 20.1 Å². The van der Waals surface area contributed by atoms with E-state index in [1.54, 1.807) is 7.11 Å². The molecule has 2 N–H and O–H groups in total. The maximum absolute atomic E-state index is 11.1. The van der Waals surface area contributed by atoms with Gasteiger partial charge in [-0.05, 0) is 70.4 Å². The molecule has 0 aromatic heterocycles. The Balaban J connectivity index is 1.65. The largest absolute Gasteiger partial charge is 0.493 e. The van der Waals surface area contributed by atoms with E-state index < -0.39 is 0 Å². The van der Waals surface area contributed by atoms with Gasteiger partial charge >= 0.3 is 0 Å². The molecule has 0 unspecified atom stereocenters. The van der Waals surface area contributed by atoms with E-state index in [9.17, 15) is 4.79 Å². The summed E-state index contributed by atoms with van der Waals surface area (Å²) in [5.41, 5.74) is 5.10. The van der Waals surface area contributed by atoms with E-state index in [1.807, 2.05) is 36.4 Å². The lowest BCUT2D eigenvalue weighted by Crippen LogP contribution is -2.06. The number of hydrogen-bond acceptors (Lipinski definition) is 4. The number of carbonyl (C=O) groups is 1. The number of rotatable bonds is 8. The number of halogens is 1. The standard InChI is InChI=1S/C24H25BrN2O3/c1-16-4-6-18(7-5-16)15-30-24-22(25)12-19(13-23(24)29-3)14-26-20-8-10-21(11-9-20)27-17(2)28/h4-13,26H,14-15H2,1-3H3,(H,27,28). The minimum Gasteiger partial charge on any atom is -0.493 e. The van der Waals surface area contributed by atoms with Crippen LogP contribution in [0.2, 0.25) is 0 Å². The Kier molecular flexibility index (Phi) is 7.36. The number of carbonyl (C=O) groups excluding carboxylic acids is 1. The summed E-state index contributed by atoms with van der Waals surface area (Å²) >= 11 is 3.61. The topological polar surface area (TPSA) is 59.6 Å². The lowest BCUT2D eigenvalue weighted by Gasteiger charge is -2.15. The van der Waals surface area contributed by atoms with Crippen molar-refractivity contribution in [3.8, 4) is 11.5 Å². The number of amides is 1. The maximum atomic E-state index is 11.1. The molecule has 5 nitrogen and oxygen atoms in total. The van der Waals surface area contributed by atoms with Gasteiger partial charge in [0.1, 0.15) is 6.61 Å². The highest BCUT2D eigenvalue weighted by Gasteiger charge is 2.12. The molecule has 0 saturated heterocycles. The molecule has 3 aromatic rings. The molecule has 0 saturated carbocycles. The Morgan fingerprint density at radius 2 is 1.63 bits per heavy atom. The first-order valence-electron chi connectivity index (χ1n) is 9.61. The molecule has 3 aromatic carbocycles. The van der Waals surface area contributed by atoms with Crippen LogP contribution in [0.5, 0.6) is 11.5 Å². The summed E-state index contributed by atoms with van der Waals surface area (Å²) < 4.78 is 12.4. The third kappa shape index (κ3) is 6.00. The van der Waals surface area contributed by atoms with Gasteiger partial charge in [-0.3, -0.25) is 4.79 Å². The molecule has 156 valence electrons. The number of benzene rings is 3. The molecule has 0 aliphatic rings. The van der Waals surface area contributed by atoms with E-state index in [2.05, 4.69) is 57.8 Å². The van der Waals surface area contributed by atoms with Crippen molar-refractivity contribution in [2.45, 2.75) is 27.0 Å². The van der Waals surface area contributed by atoms with Gasteiger partial charge in [0.2, 0.25) is 5.91 Å². The monoisotopic (exact) mass is 468 g/mol. The minimum atomic E-state index is -0.0858. The molecule has 0 spiro atoms. The quantitative estimate of drug-likeness (QED) is 0.430. The van der Waals surface area contributed by atoms with Crippen molar-refractivity contribution >= 4 is 33.2 Å². The molecule has 0 radical (unpaired) electrons. The second kappa shape index (κ2) is 10.2. The van der Waals surface area contributed by atoms with Crippen LogP contribution in [0, 0.1) is 6.92 Å². The lowest BCUT2D eigenvalue weighted by atomic mass is 10.1. The predicted octanol–water partition coefficient (Wildman–Crippen LogP) is 5.92. The molecule has 6 heteroatoms. The fourth-order valence-corrected chi connectivity index (χ4v) is 3.54. The molecular formula is C24H25BrN2O3. The summed E-state index contributed by atoms with van der Waals surface area (Å²) in [4.78, 5) is 11.1. The van der Waals surface area contributed by atoms with Crippen molar-refractivity contribution in [3.05, 3.63) is 81.8 Å². The summed E-state index contributed by atoms with van der Waals surface area (Å²) in [5, 5.41) is 6.13. The van der Waals surface area contributed by atoms with Gasteiger partial charge in [0.25, 0.3) is 0 Å². The first kappa shape index (κ1) is 21.7. The molecular weight excluding hydrogens is 444 g/mol. The Hall–Kier alpha value is -2.99. The zero-order valence-corrected chi connectivity index (χ0v) is 18.9. The molecule has 30 heavy (non-hydrogen) atoms. The number of aryl methyl sites for hydroxylation is 1. The van der Waals surface area contributed by atoms with Crippen LogP contribution in [0.4, 0.5) is 11.4 Å². The summed E-state index contributed by atoms with van der Waals surface area (Å²) in [7, 11) is 1.64. The Morgan fingerprint density at radius 1 is 0.967 bits per heavy atom. The van der Waals surface area contributed by atoms with Crippen LogP contribution in [0.25, 0.3) is 0 Å². The lowest BCUT2D eigenvalue weighted by molar-refractivity contribution is -0.114. The van der Waals surface area contributed by atoms with E-state index in [-0.39, 0.29) is 5.91 Å². The zero-order chi connectivity index (χ0) is 21.5. The van der Waals surface area contributed by atoms with Crippen molar-refractivity contribution < 1.29 is 14.3 Å². The third-order valence-corrected chi connectivity index (χ3v) is 5.08.